The Labute approximate surface area is 327 Å². The number of rotatable bonds is 11. The summed E-state index contributed by atoms with van der Waals surface area (Å²) in [4.78, 5) is 48.0. The van der Waals surface area contributed by atoms with E-state index in [2.05, 4.69) is 54.5 Å². The number of aliphatic hydroxyl groups excluding tert-OH is 3. The molecule has 1 aliphatic heterocycles. The molecule has 1 heterocycles. The van der Waals surface area contributed by atoms with Gasteiger partial charge in [0.05, 0.1) is 11.5 Å². The Morgan fingerprint density at radius 3 is 2.12 bits per heavy atom. The molecule has 7 N–H and O–H groups in total. The molecule has 15 heteroatoms. The molecule has 1 saturated heterocycles. The zero-order chi connectivity index (χ0) is 41.6. The van der Waals surface area contributed by atoms with E-state index in [-0.39, 0.29) is 33.5 Å². The van der Waals surface area contributed by atoms with Gasteiger partial charge in [0.15, 0.2) is 18.7 Å². The second-order valence-corrected chi connectivity index (χ2v) is 19.9. The van der Waals surface area contributed by atoms with Crippen LogP contribution < -0.4 is 0 Å². The first-order valence-corrected chi connectivity index (χ1v) is 20.1. The number of hydrogen-bond acceptors (Lipinski definition) is 11. The van der Waals surface area contributed by atoms with Crippen LogP contribution in [0.1, 0.15) is 113 Å². The van der Waals surface area contributed by atoms with Crippen LogP contribution in [0.25, 0.3) is 0 Å². The standard InChI is InChI=1S/C41H62O15/c1-36(2)14-16-41(35(51)52)17-15-39(6)20(21(41)18-36)8-9-23-38(5)12-11-24(37(3,4)22(38)10-13-40(23,39)7)54-34-27(45)29(26(44)30(56-34)32(49)50)55-33(28(46)31(47)48)53-19-25(42)43/h8,21-24,26-30,33-34,44-46H,9-19H2,1-7H3,(H,42,43)(H,47,48)(H,49,50)(H,51,52)/t21-,22-,23+,24-,26-,27+,28?,29-,30-,33?,34+,38-,39+,40+,41-/m0/s1. The fourth-order valence-electron chi connectivity index (χ4n) is 12.9. The lowest BCUT2D eigenvalue weighted by molar-refractivity contribution is -0.345. The number of fused-ring (bicyclic) bond motifs is 7. The van der Waals surface area contributed by atoms with Crippen molar-refractivity contribution in [1.29, 1.82) is 0 Å². The number of hydrogen-bond donors (Lipinski definition) is 7. The van der Waals surface area contributed by atoms with Crippen molar-refractivity contribution in [1.82, 2.24) is 0 Å². The molecule has 0 aromatic rings. The van der Waals surface area contributed by atoms with Gasteiger partial charge in [0, 0.05) is 0 Å². The summed E-state index contributed by atoms with van der Waals surface area (Å²) in [6.07, 6.45) is -4.44. The fraction of sp³-hybridized carbons (Fsp3) is 0.854. The maximum absolute atomic E-state index is 13.0. The molecule has 0 amide bonds. The van der Waals surface area contributed by atoms with Gasteiger partial charge in [-0.05, 0) is 109 Å². The van der Waals surface area contributed by atoms with E-state index in [1.54, 1.807) is 0 Å². The second-order valence-electron chi connectivity index (χ2n) is 19.9. The number of aliphatic carboxylic acids is 4. The highest BCUT2D eigenvalue weighted by atomic mass is 16.7. The summed E-state index contributed by atoms with van der Waals surface area (Å²) in [6, 6.07) is 0. The first kappa shape index (κ1) is 42.9. The van der Waals surface area contributed by atoms with Crippen LogP contribution in [0, 0.1) is 50.2 Å². The Bertz CT molecular complexity index is 1610. The summed E-state index contributed by atoms with van der Waals surface area (Å²) in [5, 5.41) is 71.6. The minimum absolute atomic E-state index is 0.000609. The van der Waals surface area contributed by atoms with Gasteiger partial charge in [-0.2, -0.15) is 0 Å². The maximum Gasteiger partial charge on any atom is 0.337 e. The number of ether oxygens (including phenoxy) is 4. The predicted molar refractivity (Wildman–Crippen MR) is 196 cm³/mol. The summed E-state index contributed by atoms with van der Waals surface area (Å²) in [5.41, 5.74) is -0.246. The third kappa shape index (κ3) is 6.70. The average molecular weight is 795 g/mol. The molecule has 5 fully saturated rings. The molecule has 316 valence electrons. The molecule has 56 heavy (non-hydrogen) atoms. The zero-order valence-corrected chi connectivity index (χ0v) is 33.6. The number of carboxylic acids is 4. The van der Waals surface area contributed by atoms with Crippen LogP contribution >= 0.6 is 0 Å². The van der Waals surface area contributed by atoms with Gasteiger partial charge in [0.2, 0.25) is 6.10 Å². The normalized spacial score (nSPS) is 45.0. The highest BCUT2D eigenvalue weighted by Crippen LogP contribution is 2.76. The molecular weight excluding hydrogens is 732 g/mol. The van der Waals surface area contributed by atoms with Crippen molar-refractivity contribution in [3.8, 4) is 0 Å². The average Bonchev–Trinajstić information content (AvgIpc) is 3.09. The van der Waals surface area contributed by atoms with Crippen molar-refractivity contribution in [3.63, 3.8) is 0 Å². The van der Waals surface area contributed by atoms with Gasteiger partial charge >= 0.3 is 23.9 Å². The maximum atomic E-state index is 13.0. The lowest BCUT2D eigenvalue weighted by Gasteiger charge is -2.71. The number of aliphatic hydroxyl groups is 3. The van der Waals surface area contributed by atoms with Gasteiger partial charge in [-0.3, -0.25) is 4.79 Å². The van der Waals surface area contributed by atoms with Gasteiger partial charge in [-0.25, -0.2) is 14.4 Å². The van der Waals surface area contributed by atoms with Gasteiger partial charge in [-0.15, -0.1) is 0 Å². The van der Waals surface area contributed by atoms with Crippen molar-refractivity contribution in [2.75, 3.05) is 6.61 Å². The molecule has 6 rings (SSSR count). The van der Waals surface area contributed by atoms with Crippen LogP contribution in [-0.4, -0.2) is 115 Å². The lowest BCUT2D eigenvalue weighted by atomic mass is 9.33. The summed E-state index contributed by atoms with van der Waals surface area (Å²) in [7, 11) is 0. The molecular formula is C41H62O15. The van der Waals surface area contributed by atoms with Crippen LogP contribution in [0.15, 0.2) is 11.6 Å². The molecule has 0 aromatic carbocycles. The molecule has 15 atom stereocenters. The summed E-state index contributed by atoms with van der Waals surface area (Å²) in [5.74, 6) is -5.22. The van der Waals surface area contributed by atoms with Gasteiger partial charge in [-0.1, -0.05) is 60.1 Å². The number of allylic oxidation sites excluding steroid dienone is 2. The lowest BCUT2D eigenvalue weighted by Crippen LogP contribution is -2.66. The first-order valence-electron chi connectivity index (χ1n) is 20.1. The second kappa shape index (κ2) is 14.6. The van der Waals surface area contributed by atoms with E-state index in [4.69, 9.17) is 24.1 Å². The Morgan fingerprint density at radius 1 is 0.857 bits per heavy atom. The summed E-state index contributed by atoms with van der Waals surface area (Å²) < 4.78 is 22.5. The Balaban J connectivity index is 1.25. The van der Waals surface area contributed by atoms with Crippen molar-refractivity contribution in [2.45, 2.75) is 162 Å². The van der Waals surface area contributed by atoms with Crippen LogP contribution in [0.2, 0.25) is 0 Å². The van der Waals surface area contributed by atoms with Crippen molar-refractivity contribution in [2.24, 2.45) is 50.2 Å². The van der Waals surface area contributed by atoms with Crippen LogP contribution in [0.5, 0.6) is 0 Å². The smallest absolute Gasteiger partial charge is 0.337 e. The third-order valence-corrected chi connectivity index (χ3v) is 16.3. The Kier molecular flexibility index (Phi) is 11.2. The number of carboxylic acid groups (broad SMARTS) is 4. The zero-order valence-electron chi connectivity index (χ0n) is 33.6. The molecule has 5 aliphatic carbocycles. The Hall–Kier alpha value is -2.66. The van der Waals surface area contributed by atoms with Crippen molar-refractivity contribution in [3.05, 3.63) is 11.6 Å². The van der Waals surface area contributed by atoms with Crippen molar-refractivity contribution < 1.29 is 73.9 Å². The SMILES string of the molecule is CC1(C)CC[C@]2(C(=O)O)CC[C@]3(C)C(=CC[C@@H]4[C@@]5(C)CC[C@H](O[C@@H]6O[C@H](C(=O)O)[C@@H](O)[C@H](OC(OCC(=O)O)C(O)C(=O)O)[C@H]6O)C(C)(C)[C@@H]5CC[C@]43C)[C@@H]2C1. The fourth-order valence-corrected chi connectivity index (χ4v) is 12.9. The molecule has 4 saturated carbocycles. The van der Waals surface area contributed by atoms with E-state index in [9.17, 15) is 49.8 Å². The van der Waals surface area contributed by atoms with E-state index < -0.39 is 90.5 Å². The summed E-state index contributed by atoms with van der Waals surface area (Å²) in [6.45, 7) is 14.8. The van der Waals surface area contributed by atoms with E-state index in [0.717, 1.165) is 44.9 Å². The van der Waals surface area contributed by atoms with E-state index in [0.29, 0.717) is 25.2 Å². The third-order valence-electron chi connectivity index (χ3n) is 16.3. The monoisotopic (exact) mass is 794 g/mol. The molecule has 0 radical (unpaired) electrons. The summed E-state index contributed by atoms with van der Waals surface area (Å²) >= 11 is 0. The quantitative estimate of drug-likeness (QED) is 0.0886. The minimum atomic E-state index is -2.44. The molecule has 15 nitrogen and oxygen atoms in total. The number of carbonyl (C=O) groups is 4. The van der Waals surface area contributed by atoms with Gasteiger partial charge in [0.1, 0.15) is 24.9 Å². The van der Waals surface area contributed by atoms with Gasteiger partial charge < -0.3 is 54.7 Å². The largest absolute Gasteiger partial charge is 0.481 e. The topological polar surface area (TPSA) is 247 Å². The molecule has 0 aromatic heterocycles. The molecule has 2 unspecified atom stereocenters. The first-order chi connectivity index (χ1) is 25.9. The van der Waals surface area contributed by atoms with Crippen LogP contribution in [0.4, 0.5) is 0 Å². The van der Waals surface area contributed by atoms with E-state index in [1.165, 1.54) is 5.57 Å². The van der Waals surface area contributed by atoms with Gasteiger partial charge in [0.25, 0.3) is 0 Å². The van der Waals surface area contributed by atoms with Crippen LogP contribution in [0.3, 0.4) is 0 Å². The molecule has 6 aliphatic rings. The highest BCUT2D eigenvalue weighted by molar-refractivity contribution is 5.77. The Morgan fingerprint density at radius 2 is 1.52 bits per heavy atom. The highest BCUT2D eigenvalue weighted by Gasteiger charge is 2.69. The molecule has 0 spiro atoms. The molecule has 0 bridgehead atoms. The van der Waals surface area contributed by atoms with E-state index >= 15 is 0 Å². The minimum Gasteiger partial charge on any atom is -0.481 e. The van der Waals surface area contributed by atoms with E-state index in [1.807, 2.05) is 0 Å². The van der Waals surface area contributed by atoms with Crippen LogP contribution in [-0.2, 0) is 38.1 Å². The predicted octanol–water partition coefficient (Wildman–Crippen LogP) is 4.05. The van der Waals surface area contributed by atoms with Crippen molar-refractivity contribution >= 4 is 23.9 Å².